The fourth-order valence-electron chi connectivity index (χ4n) is 2.71. The van der Waals surface area contributed by atoms with Gasteiger partial charge in [-0.15, -0.1) is 0 Å². The smallest absolute Gasteiger partial charge is 0.251 e. The zero-order valence-electron chi connectivity index (χ0n) is 12.1. The first-order valence-corrected chi connectivity index (χ1v) is 8.04. The molecule has 1 amide bonds. The number of methoxy groups -OCH3 is 1. The third kappa shape index (κ3) is 3.98. The van der Waals surface area contributed by atoms with Gasteiger partial charge in [-0.25, -0.2) is 0 Å². The number of rotatable bonds is 3. The summed E-state index contributed by atoms with van der Waals surface area (Å²) in [4.78, 5) is 12.3. The Morgan fingerprint density at radius 3 is 2.80 bits per heavy atom. The lowest BCUT2D eigenvalue weighted by Crippen LogP contribution is -2.34. The number of halogens is 1. The molecule has 0 bridgehead atoms. The molecule has 1 fully saturated rings. The second-order valence-electron chi connectivity index (χ2n) is 5.63. The van der Waals surface area contributed by atoms with Gasteiger partial charge in [0.1, 0.15) is 5.75 Å². The lowest BCUT2D eigenvalue weighted by Gasteiger charge is -2.16. The Bertz CT molecular complexity index is 476. The Balaban J connectivity index is 1.99. The van der Waals surface area contributed by atoms with E-state index in [1.54, 1.807) is 13.2 Å². The topological polar surface area (TPSA) is 38.3 Å². The van der Waals surface area contributed by atoms with E-state index in [2.05, 4.69) is 28.2 Å². The SMILES string of the molecule is COc1ccc(C(=O)NC2CCCC(C)CC2)cc1Br. The molecule has 1 saturated carbocycles. The Labute approximate surface area is 129 Å². The minimum Gasteiger partial charge on any atom is -0.496 e. The van der Waals surface area contributed by atoms with Crippen molar-refractivity contribution in [1.82, 2.24) is 5.32 Å². The van der Waals surface area contributed by atoms with Crippen LogP contribution in [0.3, 0.4) is 0 Å². The van der Waals surface area contributed by atoms with Crippen LogP contribution in [-0.4, -0.2) is 19.1 Å². The fraction of sp³-hybridized carbons (Fsp3) is 0.562. The van der Waals surface area contributed by atoms with E-state index in [4.69, 9.17) is 4.74 Å². The van der Waals surface area contributed by atoms with E-state index < -0.39 is 0 Å². The van der Waals surface area contributed by atoms with Gasteiger partial charge in [-0.2, -0.15) is 0 Å². The summed E-state index contributed by atoms with van der Waals surface area (Å²) in [6.45, 7) is 2.30. The Hall–Kier alpha value is -1.03. The molecular formula is C16H22BrNO2. The number of ether oxygens (including phenoxy) is 1. The van der Waals surface area contributed by atoms with Gasteiger partial charge in [0, 0.05) is 11.6 Å². The molecule has 1 aliphatic rings. The van der Waals surface area contributed by atoms with Gasteiger partial charge in [-0.05, 0) is 59.3 Å². The summed E-state index contributed by atoms with van der Waals surface area (Å²) in [6, 6.07) is 5.74. The molecule has 0 aromatic heterocycles. The van der Waals surface area contributed by atoms with E-state index in [-0.39, 0.29) is 5.91 Å². The molecule has 1 aliphatic carbocycles. The number of hydrogen-bond donors (Lipinski definition) is 1. The summed E-state index contributed by atoms with van der Waals surface area (Å²) in [5.74, 6) is 1.53. The highest BCUT2D eigenvalue weighted by Gasteiger charge is 2.19. The maximum Gasteiger partial charge on any atom is 0.251 e. The number of nitrogens with one attached hydrogen (secondary N) is 1. The Morgan fingerprint density at radius 2 is 2.10 bits per heavy atom. The first-order valence-electron chi connectivity index (χ1n) is 7.24. The Morgan fingerprint density at radius 1 is 1.30 bits per heavy atom. The van der Waals surface area contributed by atoms with E-state index in [1.807, 2.05) is 12.1 Å². The third-order valence-electron chi connectivity index (χ3n) is 4.01. The van der Waals surface area contributed by atoms with Crippen LogP contribution in [0.5, 0.6) is 5.75 Å². The van der Waals surface area contributed by atoms with Gasteiger partial charge in [0.2, 0.25) is 0 Å². The first-order chi connectivity index (χ1) is 9.60. The highest BCUT2D eigenvalue weighted by atomic mass is 79.9. The molecule has 0 saturated heterocycles. The Kier molecular flexibility index (Phi) is 5.46. The van der Waals surface area contributed by atoms with E-state index in [0.29, 0.717) is 11.6 Å². The highest BCUT2D eigenvalue weighted by Crippen LogP contribution is 2.26. The largest absolute Gasteiger partial charge is 0.496 e. The molecule has 2 atom stereocenters. The van der Waals surface area contributed by atoms with Crippen LogP contribution in [0.15, 0.2) is 22.7 Å². The summed E-state index contributed by atoms with van der Waals surface area (Å²) in [7, 11) is 1.62. The quantitative estimate of drug-likeness (QED) is 0.839. The van der Waals surface area contributed by atoms with E-state index in [1.165, 1.54) is 19.3 Å². The van der Waals surface area contributed by atoms with Crippen LogP contribution in [0, 0.1) is 5.92 Å². The zero-order valence-corrected chi connectivity index (χ0v) is 13.7. The number of benzene rings is 1. The number of carbonyl (C=O) groups excluding carboxylic acids is 1. The molecule has 110 valence electrons. The van der Waals surface area contributed by atoms with Crippen molar-refractivity contribution < 1.29 is 9.53 Å². The zero-order chi connectivity index (χ0) is 14.5. The molecule has 1 N–H and O–H groups in total. The third-order valence-corrected chi connectivity index (χ3v) is 4.63. The second-order valence-corrected chi connectivity index (χ2v) is 6.49. The molecule has 3 nitrogen and oxygen atoms in total. The summed E-state index contributed by atoms with van der Waals surface area (Å²) < 4.78 is 5.99. The van der Waals surface area contributed by atoms with Gasteiger partial charge >= 0.3 is 0 Å². The fourth-order valence-corrected chi connectivity index (χ4v) is 3.25. The van der Waals surface area contributed by atoms with Crippen molar-refractivity contribution in [2.45, 2.75) is 45.1 Å². The van der Waals surface area contributed by atoms with Crippen LogP contribution in [0.1, 0.15) is 49.4 Å². The van der Waals surface area contributed by atoms with Crippen molar-refractivity contribution >= 4 is 21.8 Å². The minimum absolute atomic E-state index is 0.00732. The second kappa shape index (κ2) is 7.11. The van der Waals surface area contributed by atoms with Gasteiger partial charge in [0.15, 0.2) is 0 Å². The molecule has 2 unspecified atom stereocenters. The first kappa shape index (κ1) is 15.4. The van der Waals surface area contributed by atoms with Crippen molar-refractivity contribution in [1.29, 1.82) is 0 Å². The summed E-state index contributed by atoms with van der Waals surface area (Å²) in [6.07, 6.45) is 5.87. The number of amides is 1. The van der Waals surface area contributed by atoms with Gasteiger partial charge in [-0.1, -0.05) is 19.8 Å². The van der Waals surface area contributed by atoms with Crippen LogP contribution >= 0.6 is 15.9 Å². The summed E-state index contributed by atoms with van der Waals surface area (Å²) in [5, 5.41) is 3.16. The molecule has 0 radical (unpaired) electrons. The van der Waals surface area contributed by atoms with Crippen molar-refractivity contribution in [2.75, 3.05) is 7.11 Å². The maximum atomic E-state index is 12.3. The normalized spacial score (nSPS) is 22.9. The summed E-state index contributed by atoms with van der Waals surface area (Å²) >= 11 is 3.42. The van der Waals surface area contributed by atoms with Crippen molar-refractivity contribution in [3.8, 4) is 5.75 Å². The minimum atomic E-state index is 0.00732. The van der Waals surface area contributed by atoms with Gasteiger partial charge < -0.3 is 10.1 Å². The van der Waals surface area contributed by atoms with Gasteiger partial charge in [-0.3, -0.25) is 4.79 Å². The molecule has 0 spiro atoms. The lowest BCUT2D eigenvalue weighted by molar-refractivity contribution is 0.0933. The van der Waals surface area contributed by atoms with Crippen molar-refractivity contribution in [3.63, 3.8) is 0 Å². The van der Waals surface area contributed by atoms with E-state index in [0.717, 1.165) is 29.0 Å². The molecule has 0 heterocycles. The lowest BCUT2D eigenvalue weighted by atomic mass is 10.0. The average Bonchev–Trinajstić information content (AvgIpc) is 2.63. The van der Waals surface area contributed by atoms with Crippen molar-refractivity contribution in [2.24, 2.45) is 5.92 Å². The molecule has 20 heavy (non-hydrogen) atoms. The standard InChI is InChI=1S/C16H22BrNO2/c1-11-4-3-5-13(8-6-11)18-16(19)12-7-9-15(20-2)14(17)10-12/h7,9-11,13H,3-6,8H2,1-2H3,(H,18,19). The maximum absolute atomic E-state index is 12.3. The van der Waals surface area contributed by atoms with Crippen LogP contribution < -0.4 is 10.1 Å². The number of hydrogen-bond acceptors (Lipinski definition) is 2. The molecule has 1 aromatic rings. The van der Waals surface area contributed by atoms with Crippen LogP contribution in [0.2, 0.25) is 0 Å². The predicted molar refractivity (Wildman–Crippen MR) is 84.2 cm³/mol. The van der Waals surface area contributed by atoms with Crippen LogP contribution in [0.4, 0.5) is 0 Å². The molecular weight excluding hydrogens is 318 g/mol. The molecule has 0 aliphatic heterocycles. The number of carbonyl (C=O) groups is 1. The van der Waals surface area contributed by atoms with Crippen LogP contribution in [-0.2, 0) is 0 Å². The van der Waals surface area contributed by atoms with Crippen molar-refractivity contribution in [3.05, 3.63) is 28.2 Å². The van der Waals surface area contributed by atoms with Gasteiger partial charge in [0.05, 0.1) is 11.6 Å². The van der Waals surface area contributed by atoms with Crippen LogP contribution in [0.25, 0.3) is 0 Å². The average molecular weight is 340 g/mol. The monoisotopic (exact) mass is 339 g/mol. The van der Waals surface area contributed by atoms with Gasteiger partial charge in [0.25, 0.3) is 5.91 Å². The summed E-state index contributed by atoms with van der Waals surface area (Å²) in [5.41, 5.74) is 0.676. The molecule has 4 heteroatoms. The highest BCUT2D eigenvalue weighted by molar-refractivity contribution is 9.10. The predicted octanol–water partition coefficient (Wildman–Crippen LogP) is 4.16. The molecule has 1 aromatic carbocycles. The van der Waals surface area contributed by atoms with E-state index in [9.17, 15) is 4.79 Å². The molecule has 2 rings (SSSR count). The van der Waals surface area contributed by atoms with E-state index >= 15 is 0 Å².